The molecule has 8 heteroatoms. The third-order valence-electron chi connectivity index (χ3n) is 3.24. The van der Waals surface area contributed by atoms with Crippen molar-refractivity contribution in [2.24, 2.45) is 0 Å². The van der Waals surface area contributed by atoms with Crippen LogP contribution in [0.5, 0.6) is 0 Å². The van der Waals surface area contributed by atoms with E-state index in [2.05, 4.69) is 10.6 Å². The van der Waals surface area contributed by atoms with E-state index in [-0.39, 0.29) is 11.5 Å². The molecule has 2 rings (SSSR count). The molecule has 2 amide bonds. The molecule has 0 bridgehead atoms. The number of halogens is 2. The topological polar surface area (TPSA) is 84.5 Å². The first-order valence-corrected chi connectivity index (χ1v) is 7.71. The van der Waals surface area contributed by atoms with Gasteiger partial charge < -0.3 is 15.4 Å². The summed E-state index contributed by atoms with van der Waals surface area (Å²) in [5, 5.41) is 5.11. The van der Waals surface area contributed by atoms with Crippen LogP contribution >= 0.6 is 0 Å². The van der Waals surface area contributed by atoms with Gasteiger partial charge in [-0.3, -0.25) is 9.59 Å². The number of rotatable bonds is 6. The van der Waals surface area contributed by atoms with Crippen LogP contribution in [-0.4, -0.2) is 30.9 Å². The van der Waals surface area contributed by atoms with Crippen LogP contribution in [0.15, 0.2) is 42.5 Å². The Bertz CT molecular complexity index is 840. The van der Waals surface area contributed by atoms with Crippen LogP contribution < -0.4 is 10.6 Å². The number of hydrogen-bond acceptors (Lipinski definition) is 4. The van der Waals surface area contributed by atoms with Gasteiger partial charge in [0.1, 0.15) is 0 Å². The molecule has 2 aromatic carbocycles. The van der Waals surface area contributed by atoms with Gasteiger partial charge in [-0.05, 0) is 43.3 Å². The molecule has 2 N–H and O–H groups in total. The summed E-state index contributed by atoms with van der Waals surface area (Å²) < 4.78 is 30.7. The van der Waals surface area contributed by atoms with Crippen molar-refractivity contribution in [3.63, 3.8) is 0 Å². The van der Waals surface area contributed by atoms with Crippen LogP contribution in [0, 0.1) is 11.6 Å². The van der Waals surface area contributed by atoms with Crippen molar-refractivity contribution >= 4 is 23.5 Å². The highest BCUT2D eigenvalue weighted by atomic mass is 19.2. The van der Waals surface area contributed by atoms with E-state index in [1.165, 1.54) is 6.07 Å². The van der Waals surface area contributed by atoms with E-state index in [1.54, 1.807) is 25.1 Å². The standard InChI is InChI=1S/C18H16F2N2O4/c1-2-21-17(24)11-4-3-5-13(8-11)22-16(23)10-26-18(25)12-6-7-14(19)15(20)9-12/h3-9H,2,10H2,1H3,(H,21,24)(H,22,23). The molecule has 26 heavy (non-hydrogen) atoms. The first-order valence-electron chi connectivity index (χ1n) is 7.71. The van der Waals surface area contributed by atoms with Crippen molar-refractivity contribution in [2.75, 3.05) is 18.5 Å². The summed E-state index contributed by atoms with van der Waals surface area (Å²) >= 11 is 0. The lowest BCUT2D eigenvalue weighted by atomic mass is 10.2. The molecule has 136 valence electrons. The quantitative estimate of drug-likeness (QED) is 0.774. The van der Waals surface area contributed by atoms with E-state index in [0.29, 0.717) is 23.9 Å². The average Bonchev–Trinajstić information content (AvgIpc) is 2.62. The van der Waals surface area contributed by atoms with Gasteiger partial charge in [0, 0.05) is 17.8 Å². The van der Waals surface area contributed by atoms with Crippen molar-refractivity contribution in [3.8, 4) is 0 Å². The lowest BCUT2D eigenvalue weighted by Crippen LogP contribution is -2.23. The van der Waals surface area contributed by atoms with Crippen LogP contribution in [0.3, 0.4) is 0 Å². The van der Waals surface area contributed by atoms with Crippen LogP contribution in [0.4, 0.5) is 14.5 Å². The Balaban J connectivity index is 1.92. The highest BCUT2D eigenvalue weighted by Gasteiger charge is 2.13. The highest BCUT2D eigenvalue weighted by molar-refractivity contribution is 5.98. The number of anilines is 1. The first kappa shape index (κ1) is 19.0. The molecule has 0 aromatic heterocycles. The lowest BCUT2D eigenvalue weighted by Gasteiger charge is -2.08. The Morgan fingerprint density at radius 1 is 1.00 bits per heavy atom. The number of nitrogens with one attached hydrogen (secondary N) is 2. The van der Waals surface area contributed by atoms with Crippen molar-refractivity contribution in [1.29, 1.82) is 0 Å². The zero-order valence-corrected chi connectivity index (χ0v) is 13.8. The van der Waals surface area contributed by atoms with Crippen LogP contribution in [0.25, 0.3) is 0 Å². The van der Waals surface area contributed by atoms with Gasteiger partial charge >= 0.3 is 5.97 Å². The Morgan fingerprint density at radius 3 is 2.46 bits per heavy atom. The molecule has 0 aliphatic rings. The smallest absolute Gasteiger partial charge is 0.338 e. The first-order chi connectivity index (χ1) is 12.4. The molecule has 0 spiro atoms. The summed E-state index contributed by atoms with van der Waals surface area (Å²) in [5.74, 6) is -4.17. The molecule has 0 unspecified atom stereocenters. The molecule has 0 saturated carbocycles. The minimum Gasteiger partial charge on any atom is -0.452 e. The van der Waals surface area contributed by atoms with Gasteiger partial charge in [-0.1, -0.05) is 6.07 Å². The Hall–Kier alpha value is -3.29. The van der Waals surface area contributed by atoms with Crippen LogP contribution in [0.1, 0.15) is 27.6 Å². The van der Waals surface area contributed by atoms with Gasteiger partial charge in [0.2, 0.25) is 0 Å². The van der Waals surface area contributed by atoms with E-state index in [4.69, 9.17) is 4.74 Å². The zero-order valence-electron chi connectivity index (χ0n) is 13.8. The summed E-state index contributed by atoms with van der Waals surface area (Å²) in [7, 11) is 0. The predicted molar refractivity (Wildman–Crippen MR) is 89.7 cm³/mol. The van der Waals surface area contributed by atoms with Crippen LogP contribution in [0.2, 0.25) is 0 Å². The molecule has 6 nitrogen and oxygen atoms in total. The molecule has 0 atom stereocenters. The van der Waals surface area contributed by atoms with Gasteiger partial charge in [-0.25, -0.2) is 13.6 Å². The third-order valence-corrected chi connectivity index (χ3v) is 3.24. The summed E-state index contributed by atoms with van der Waals surface area (Å²) in [4.78, 5) is 35.3. The number of benzene rings is 2. The second kappa shape index (κ2) is 8.70. The third kappa shape index (κ3) is 5.10. The molecular formula is C18H16F2N2O4. The number of hydrogen-bond donors (Lipinski definition) is 2. The molecule has 2 aromatic rings. The van der Waals surface area contributed by atoms with Crippen molar-refractivity contribution in [1.82, 2.24) is 5.32 Å². The average molecular weight is 362 g/mol. The molecule has 0 fully saturated rings. The predicted octanol–water partition coefficient (Wildman–Crippen LogP) is 2.51. The second-order valence-corrected chi connectivity index (χ2v) is 5.19. The van der Waals surface area contributed by atoms with Crippen molar-refractivity contribution in [3.05, 3.63) is 65.2 Å². The monoisotopic (exact) mass is 362 g/mol. The van der Waals surface area contributed by atoms with Crippen molar-refractivity contribution < 1.29 is 27.9 Å². The van der Waals surface area contributed by atoms with E-state index >= 15 is 0 Å². The van der Waals surface area contributed by atoms with Gasteiger partial charge in [-0.2, -0.15) is 0 Å². The Kier molecular flexibility index (Phi) is 6.37. The molecular weight excluding hydrogens is 346 g/mol. The Labute approximate surface area is 148 Å². The Morgan fingerprint density at radius 2 is 1.77 bits per heavy atom. The zero-order chi connectivity index (χ0) is 19.1. The maximum atomic E-state index is 13.1. The van der Waals surface area contributed by atoms with Gasteiger partial charge in [0.05, 0.1) is 5.56 Å². The second-order valence-electron chi connectivity index (χ2n) is 5.19. The fourth-order valence-electron chi connectivity index (χ4n) is 2.04. The summed E-state index contributed by atoms with van der Waals surface area (Å²) in [6.45, 7) is 1.63. The molecule has 0 heterocycles. The number of carbonyl (C=O) groups is 3. The van der Waals surface area contributed by atoms with Crippen molar-refractivity contribution in [2.45, 2.75) is 6.92 Å². The number of esters is 1. The maximum absolute atomic E-state index is 13.1. The largest absolute Gasteiger partial charge is 0.452 e. The highest BCUT2D eigenvalue weighted by Crippen LogP contribution is 2.12. The van der Waals surface area contributed by atoms with Gasteiger partial charge in [0.15, 0.2) is 18.2 Å². The minimum atomic E-state index is -1.19. The van der Waals surface area contributed by atoms with E-state index in [9.17, 15) is 23.2 Å². The SMILES string of the molecule is CCNC(=O)c1cccc(NC(=O)COC(=O)c2ccc(F)c(F)c2)c1. The normalized spacial score (nSPS) is 10.1. The molecule has 0 saturated heterocycles. The van der Waals surface area contributed by atoms with Gasteiger partial charge in [0.25, 0.3) is 11.8 Å². The number of amides is 2. The minimum absolute atomic E-state index is 0.213. The van der Waals surface area contributed by atoms with Crippen LogP contribution in [-0.2, 0) is 9.53 Å². The lowest BCUT2D eigenvalue weighted by molar-refractivity contribution is -0.119. The summed E-state index contributed by atoms with van der Waals surface area (Å²) in [6, 6.07) is 8.74. The molecule has 0 aliphatic carbocycles. The molecule has 0 radical (unpaired) electrons. The van der Waals surface area contributed by atoms with E-state index in [0.717, 1.165) is 12.1 Å². The van der Waals surface area contributed by atoms with Gasteiger partial charge in [-0.15, -0.1) is 0 Å². The fourth-order valence-corrected chi connectivity index (χ4v) is 2.04. The van der Waals surface area contributed by atoms with E-state index in [1.807, 2.05) is 0 Å². The number of carbonyl (C=O) groups excluding carboxylic acids is 3. The summed E-state index contributed by atoms with van der Waals surface area (Å²) in [5.41, 5.74) is 0.501. The molecule has 0 aliphatic heterocycles. The maximum Gasteiger partial charge on any atom is 0.338 e. The fraction of sp³-hybridized carbons (Fsp3) is 0.167. The summed E-state index contributed by atoms with van der Waals surface area (Å²) in [6.07, 6.45) is 0. The number of ether oxygens (including phenoxy) is 1. The van der Waals surface area contributed by atoms with E-state index < -0.39 is 30.1 Å².